The normalized spacial score (nSPS) is 22.8. The molecule has 2 nitrogen and oxygen atoms in total. The summed E-state index contributed by atoms with van der Waals surface area (Å²) in [6.07, 6.45) is 15.7. The lowest BCUT2D eigenvalue weighted by Gasteiger charge is -2.07. The molecule has 0 fully saturated rings. The van der Waals surface area contributed by atoms with E-state index in [0.29, 0.717) is 6.61 Å². The molecular formula is C16H28O2. The van der Waals surface area contributed by atoms with E-state index in [9.17, 15) is 4.79 Å². The van der Waals surface area contributed by atoms with Gasteiger partial charge in [0.1, 0.15) is 0 Å². The van der Waals surface area contributed by atoms with Crippen molar-refractivity contribution in [3.05, 3.63) is 11.6 Å². The highest BCUT2D eigenvalue weighted by molar-refractivity contribution is 5.88. The molecule has 0 aromatic heterocycles. The Hall–Kier alpha value is -0.790. The van der Waals surface area contributed by atoms with Crippen LogP contribution in [0.3, 0.4) is 0 Å². The van der Waals surface area contributed by atoms with Crippen LogP contribution in [-0.2, 0) is 9.53 Å². The van der Waals surface area contributed by atoms with Crippen LogP contribution in [0.2, 0.25) is 0 Å². The van der Waals surface area contributed by atoms with E-state index >= 15 is 0 Å². The van der Waals surface area contributed by atoms with Crippen molar-refractivity contribution in [3.8, 4) is 0 Å². The third kappa shape index (κ3) is 6.83. The third-order valence-corrected chi connectivity index (χ3v) is 3.58. The number of allylic oxidation sites excluding steroid dienone is 1. The zero-order valence-corrected chi connectivity index (χ0v) is 11.9. The molecular weight excluding hydrogens is 224 g/mol. The fraction of sp³-hybridized carbons (Fsp3) is 0.812. The van der Waals surface area contributed by atoms with E-state index in [1.807, 2.05) is 6.92 Å². The highest BCUT2D eigenvalue weighted by Crippen LogP contribution is 2.17. The first kappa shape index (κ1) is 15.3. The summed E-state index contributed by atoms with van der Waals surface area (Å²) in [6, 6.07) is 0. The lowest BCUT2D eigenvalue weighted by molar-refractivity contribution is -0.138. The van der Waals surface area contributed by atoms with Crippen LogP contribution < -0.4 is 0 Å². The van der Waals surface area contributed by atoms with Crippen molar-refractivity contribution >= 4 is 5.97 Å². The molecule has 104 valence electrons. The summed E-state index contributed by atoms with van der Waals surface area (Å²) in [5.74, 6) is -0.0904. The zero-order valence-electron chi connectivity index (χ0n) is 11.9. The maximum absolute atomic E-state index is 11.8. The molecule has 1 rings (SSSR count). The molecule has 0 radical (unpaired) electrons. The van der Waals surface area contributed by atoms with Crippen LogP contribution in [0.5, 0.6) is 0 Å². The minimum Gasteiger partial charge on any atom is -0.463 e. The second-order valence-electron chi connectivity index (χ2n) is 5.17. The Kier molecular flexibility index (Phi) is 8.62. The molecule has 0 saturated carbocycles. The van der Waals surface area contributed by atoms with E-state index in [2.05, 4.69) is 6.08 Å². The van der Waals surface area contributed by atoms with Gasteiger partial charge >= 0.3 is 5.97 Å². The molecule has 0 atom stereocenters. The molecule has 0 N–H and O–H groups in total. The van der Waals surface area contributed by atoms with Crippen LogP contribution in [0.15, 0.2) is 11.6 Å². The minimum absolute atomic E-state index is 0.0904. The average Bonchev–Trinajstić information content (AvgIpc) is 2.39. The summed E-state index contributed by atoms with van der Waals surface area (Å²) in [4.78, 5) is 11.8. The molecule has 0 amide bonds. The highest BCUT2D eigenvalue weighted by Gasteiger charge is 2.09. The van der Waals surface area contributed by atoms with Crippen LogP contribution in [0.1, 0.15) is 77.6 Å². The first-order valence-corrected chi connectivity index (χ1v) is 7.70. The maximum atomic E-state index is 11.8. The summed E-state index contributed by atoms with van der Waals surface area (Å²) in [6.45, 7) is 2.36. The van der Waals surface area contributed by atoms with Crippen molar-refractivity contribution in [1.82, 2.24) is 0 Å². The summed E-state index contributed by atoms with van der Waals surface area (Å²) >= 11 is 0. The van der Waals surface area contributed by atoms with E-state index in [1.54, 1.807) is 0 Å². The van der Waals surface area contributed by atoms with Crippen molar-refractivity contribution in [3.63, 3.8) is 0 Å². The van der Waals surface area contributed by atoms with Crippen LogP contribution >= 0.6 is 0 Å². The fourth-order valence-electron chi connectivity index (χ4n) is 2.48. The summed E-state index contributed by atoms with van der Waals surface area (Å²) < 4.78 is 5.12. The molecule has 0 aliphatic heterocycles. The van der Waals surface area contributed by atoms with Gasteiger partial charge in [-0.3, -0.25) is 0 Å². The SMILES string of the molecule is CCOC(=O)/C1=C\CCCCCCCCCCC1. The van der Waals surface area contributed by atoms with Crippen molar-refractivity contribution in [1.29, 1.82) is 0 Å². The van der Waals surface area contributed by atoms with Crippen LogP contribution in [0, 0.1) is 0 Å². The van der Waals surface area contributed by atoms with E-state index in [0.717, 1.165) is 24.8 Å². The Morgan fingerprint density at radius 1 is 1.00 bits per heavy atom. The standard InChI is InChI=1S/C16H28O2/c1-2-18-16(17)15-13-11-9-7-5-3-4-6-8-10-12-14-15/h13H,2-12,14H2,1H3/b15-13-. The molecule has 0 bridgehead atoms. The molecule has 1 aliphatic carbocycles. The second kappa shape index (κ2) is 10.2. The van der Waals surface area contributed by atoms with Crippen LogP contribution in [0.4, 0.5) is 0 Å². The largest absolute Gasteiger partial charge is 0.463 e. The van der Waals surface area contributed by atoms with Crippen molar-refractivity contribution in [2.45, 2.75) is 77.6 Å². The van der Waals surface area contributed by atoms with Crippen molar-refractivity contribution in [2.24, 2.45) is 0 Å². The average molecular weight is 252 g/mol. The van der Waals surface area contributed by atoms with Gasteiger partial charge in [0.15, 0.2) is 0 Å². The van der Waals surface area contributed by atoms with Gasteiger partial charge in [-0.1, -0.05) is 51.0 Å². The monoisotopic (exact) mass is 252 g/mol. The molecule has 0 heterocycles. The molecule has 0 aromatic carbocycles. The number of hydrogen-bond acceptors (Lipinski definition) is 2. The molecule has 18 heavy (non-hydrogen) atoms. The summed E-state index contributed by atoms with van der Waals surface area (Å²) in [5.41, 5.74) is 0.913. The second-order valence-corrected chi connectivity index (χ2v) is 5.17. The van der Waals surface area contributed by atoms with Gasteiger partial charge in [-0.05, 0) is 32.6 Å². The summed E-state index contributed by atoms with van der Waals surface area (Å²) in [7, 11) is 0. The van der Waals surface area contributed by atoms with Gasteiger partial charge in [0.2, 0.25) is 0 Å². The van der Waals surface area contributed by atoms with Gasteiger partial charge < -0.3 is 4.74 Å². The smallest absolute Gasteiger partial charge is 0.333 e. The predicted octanol–water partition coefficient (Wildman–Crippen LogP) is 4.78. The van der Waals surface area contributed by atoms with Crippen molar-refractivity contribution in [2.75, 3.05) is 6.61 Å². The van der Waals surface area contributed by atoms with Crippen molar-refractivity contribution < 1.29 is 9.53 Å². The maximum Gasteiger partial charge on any atom is 0.333 e. The van der Waals surface area contributed by atoms with Crippen LogP contribution in [0.25, 0.3) is 0 Å². The Morgan fingerprint density at radius 2 is 1.56 bits per heavy atom. The fourth-order valence-corrected chi connectivity index (χ4v) is 2.48. The van der Waals surface area contributed by atoms with Gasteiger partial charge in [-0.2, -0.15) is 0 Å². The first-order chi connectivity index (χ1) is 8.84. The van der Waals surface area contributed by atoms with E-state index in [4.69, 9.17) is 4.74 Å². The van der Waals surface area contributed by atoms with Gasteiger partial charge in [0, 0.05) is 5.57 Å². The quantitative estimate of drug-likeness (QED) is 0.661. The lowest BCUT2D eigenvalue weighted by Crippen LogP contribution is -2.08. The van der Waals surface area contributed by atoms with Gasteiger partial charge in [-0.15, -0.1) is 0 Å². The number of hydrogen-bond donors (Lipinski definition) is 0. The Balaban J connectivity index is 2.46. The Labute approximate surface area is 112 Å². The molecule has 0 saturated heterocycles. The molecule has 2 heteroatoms. The van der Waals surface area contributed by atoms with E-state index in [1.165, 1.54) is 51.4 Å². The summed E-state index contributed by atoms with van der Waals surface area (Å²) in [5, 5.41) is 0. The zero-order chi connectivity index (χ0) is 13.1. The van der Waals surface area contributed by atoms with Gasteiger partial charge in [-0.25, -0.2) is 4.79 Å². The van der Waals surface area contributed by atoms with Gasteiger partial charge in [0.25, 0.3) is 0 Å². The topological polar surface area (TPSA) is 26.3 Å². The molecule has 1 aliphatic rings. The molecule has 0 aromatic rings. The molecule has 0 unspecified atom stereocenters. The lowest BCUT2D eigenvalue weighted by atomic mass is 10.0. The van der Waals surface area contributed by atoms with Gasteiger partial charge in [0.05, 0.1) is 6.61 Å². The highest BCUT2D eigenvalue weighted by atomic mass is 16.5. The number of ether oxygens (including phenoxy) is 1. The van der Waals surface area contributed by atoms with E-state index in [-0.39, 0.29) is 5.97 Å². The van der Waals surface area contributed by atoms with Crippen LogP contribution in [-0.4, -0.2) is 12.6 Å². The van der Waals surface area contributed by atoms with E-state index < -0.39 is 0 Å². The number of esters is 1. The number of rotatable bonds is 2. The first-order valence-electron chi connectivity index (χ1n) is 7.70. The number of carbonyl (C=O) groups is 1. The minimum atomic E-state index is -0.0904. The predicted molar refractivity (Wildman–Crippen MR) is 75.5 cm³/mol. The number of carbonyl (C=O) groups excluding carboxylic acids is 1. The molecule has 0 spiro atoms. The third-order valence-electron chi connectivity index (χ3n) is 3.58. The Morgan fingerprint density at radius 3 is 2.17 bits per heavy atom. The Bertz CT molecular complexity index is 256.